The normalized spacial score (nSPS) is 25.2. The topological polar surface area (TPSA) is 58.4 Å². The number of aromatic nitrogens is 1. The minimum absolute atomic E-state index is 0.0680. The van der Waals surface area contributed by atoms with Gasteiger partial charge in [0.05, 0.1) is 0 Å². The van der Waals surface area contributed by atoms with Gasteiger partial charge in [-0.1, -0.05) is 29.8 Å². The van der Waals surface area contributed by atoms with Crippen LogP contribution in [0.4, 0.5) is 0 Å². The second kappa shape index (κ2) is 5.49. The Labute approximate surface area is 135 Å². The lowest BCUT2D eigenvalue weighted by Crippen LogP contribution is -2.36. The Morgan fingerprint density at radius 2 is 2.35 bits per heavy atom. The Bertz CT molecular complexity index is 725. The molecule has 5 rings (SSSR count). The summed E-state index contributed by atoms with van der Waals surface area (Å²) in [7, 11) is 1.82. The van der Waals surface area contributed by atoms with Crippen LogP contribution in [0.1, 0.15) is 39.7 Å². The van der Waals surface area contributed by atoms with Gasteiger partial charge in [-0.3, -0.25) is 4.79 Å². The summed E-state index contributed by atoms with van der Waals surface area (Å²) in [5.41, 5.74) is 2.79. The molecule has 3 heterocycles. The van der Waals surface area contributed by atoms with Crippen LogP contribution in [0.15, 0.2) is 35.1 Å². The van der Waals surface area contributed by atoms with Crippen molar-refractivity contribution in [3.8, 4) is 0 Å². The van der Waals surface area contributed by atoms with Crippen molar-refractivity contribution < 1.29 is 9.21 Å². The molecule has 23 heavy (non-hydrogen) atoms. The Morgan fingerprint density at radius 3 is 3.04 bits per heavy atom. The van der Waals surface area contributed by atoms with E-state index in [9.17, 15) is 4.79 Å². The average molecular weight is 311 g/mol. The molecule has 3 aliphatic rings. The maximum atomic E-state index is 12.8. The van der Waals surface area contributed by atoms with Crippen LogP contribution in [0.2, 0.25) is 0 Å². The molecule has 2 saturated heterocycles. The number of carbonyl (C=O) groups excluding carboxylic acids is 1. The minimum Gasteiger partial charge on any atom is -0.447 e. The fourth-order valence-electron chi connectivity index (χ4n) is 3.86. The fraction of sp³-hybridized carbons (Fsp3) is 0.444. The highest BCUT2D eigenvalue weighted by molar-refractivity contribution is 5.93. The van der Waals surface area contributed by atoms with Crippen LogP contribution in [0.25, 0.3) is 0 Å². The standard InChI is InChI=1S/C18H21N3O2/c1-11-4-3-5-12(6-11)9-21(2)18(22)16-17(23-10-20-16)15-13-7-14(15)19-8-13/h3-6,10,13-15,19H,7-9H2,1-2H3. The maximum Gasteiger partial charge on any atom is 0.276 e. The number of hydrogen-bond acceptors (Lipinski definition) is 4. The van der Waals surface area contributed by atoms with Crippen LogP contribution >= 0.6 is 0 Å². The molecule has 1 saturated carbocycles. The zero-order chi connectivity index (χ0) is 16.0. The Kier molecular flexibility index (Phi) is 3.45. The van der Waals surface area contributed by atoms with Gasteiger partial charge in [0.2, 0.25) is 0 Å². The zero-order valence-electron chi connectivity index (χ0n) is 13.5. The van der Waals surface area contributed by atoms with Crippen molar-refractivity contribution in [2.75, 3.05) is 13.6 Å². The highest BCUT2D eigenvalue weighted by Gasteiger charge is 2.50. The SMILES string of the molecule is Cc1cccc(CN(C)C(=O)c2ncoc2C2C3CNC2C3)c1. The molecule has 3 unspecified atom stereocenters. The van der Waals surface area contributed by atoms with Gasteiger partial charge in [-0.05, 0) is 31.4 Å². The molecule has 1 aromatic heterocycles. The molecule has 1 amide bonds. The van der Waals surface area contributed by atoms with Crippen LogP contribution in [0.5, 0.6) is 0 Å². The summed E-state index contributed by atoms with van der Waals surface area (Å²) in [6, 6.07) is 8.66. The predicted molar refractivity (Wildman–Crippen MR) is 86.1 cm³/mol. The molecule has 120 valence electrons. The Morgan fingerprint density at radius 1 is 1.48 bits per heavy atom. The van der Waals surface area contributed by atoms with Gasteiger partial charge in [0.25, 0.3) is 5.91 Å². The number of nitrogens with one attached hydrogen (secondary N) is 1. The number of oxazole rings is 1. The lowest BCUT2D eigenvalue weighted by molar-refractivity contribution is 0.0774. The molecule has 5 heteroatoms. The van der Waals surface area contributed by atoms with Gasteiger partial charge in [0.1, 0.15) is 5.76 Å². The van der Waals surface area contributed by atoms with Crippen LogP contribution in [-0.4, -0.2) is 35.4 Å². The van der Waals surface area contributed by atoms with Gasteiger partial charge < -0.3 is 14.6 Å². The van der Waals surface area contributed by atoms with E-state index in [1.807, 2.05) is 19.2 Å². The summed E-state index contributed by atoms with van der Waals surface area (Å²) < 4.78 is 5.59. The van der Waals surface area contributed by atoms with Crippen molar-refractivity contribution in [1.82, 2.24) is 15.2 Å². The highest BCUT2D eigenvalue weighted by Crippen LogP contribution is 2.48. The van der Waals surface area contributed by atoms with E-state index in [0.29, 0.717) is 30.1 Å². The third kappa shape index (κ3) is 2.45. The van der Waals surface area contributed by atoms with Gasteiger partial charge in [0.15, 0.2) is 12.1 Å². The number of fused-ring (bicyclic) bond motifs is 1. The van der Waals surface area contributed by atoms with Gasteiger partial charge in [-0.2, -0.15) is 0 Å². The first-order valence-corrected chi connectivity index (χ1v) is 8.11. The van der Waals surface area contributed by atoms with Crippen molar-refractivity contribution >= 4 is 5.91 Å². The number of hydrogen-bond donors (Lipinski definition) is 1. The molecule has 5 nitrogen and oxygen atoms in total. The molecular formula is C18H21N3O2. The summed E-state index contributed by atoms with van der Waals surface area (Å²) in [6.07, 6.45) is 2.58. The summed E-state index contributed by atoms with van der Waals surface area (Å²) in [5, 5.41) is 3.46. The number of aryl methyl sites for hydroxylation is 1. The molecule has 2 bridgehead atoms. The van der Waals surface area contributed by atoms with Crippen LogP contribution in [0.3, 0.4) is 0 Å². The van der Waals surface area contributed by atoms with Crippen LogP contribution in [0, 0.1) is 12.8 Å². The Hall–Kier alpha value is -2.14. The predicted octanol–water partition coefficient (Wildman–Crippen LogP) is 2.33. The summed E-state index contributed by atoms with van der Waals surface area (Å²) in [4.78, 5) is 18.7. The molecule has 2 aliphatic heterocycles. The van der Waals surface area contributed by atoms with Crippen LogP contribution < -0.4 is 5.32 Å². The molecule has 1 aromatic carbocycles. The first-order valence-electron chi connectivity index (χ1n) is 8.11. The number of amides is 1. The van der Waals surface area contributed by atoms with Crippen molar-refractivity contribution in [2.24, 2.45) is 5.92 Å². The van der Waals surface area contributed by atoms with Crippen molar-refractivity contribution in [1.29, 1.82) is 0 Å². The van der Waals surface area contributed by atoms with E-state index in [2.05, 4.69) is 29.4 Å². The molecule has 3 atom stereocenters. The van der Waals surface area contributed by atoms with Crippen molar-refractivity contribution in [2.45, 2.75) is 31.8 Å². The van der Waals surface area contributed by atoms with E-state index in [0.717, 1.165) is 17.9 Å². The van der Waals surface area contributed by atoms with Gasteiger partial charge >= 0.3 is 0 Å². The monoisotopic (exact) mass is 311 g/mol. The average Bonchev–Trinajstić information content (AvgIpc) is 3.23. The highest BCUT2D eigenvalue weighted by atomic mass is 16.3. The minimum atomic E-state index is -0.0680. The number of carbonyl (C=O) groups is 1. The second-order valence-corrected chi connectivity index (χ2v) is 6.75. The third-order valence-corrected chi connectivity index (χ3v) is 5.09. The first-order chi connectivity index (χ1) is 11.1. The molecule has 0 spiro atoms. The number of benzene rings is 1. The quantitative estimate of drug-likeness (QED) is 0.941. The van der Waals surface area contributed by atoms with Crippen LogP contribution in [-0.2, 0) is 6.54 Å². The molecular weight excluding hydrogens is 290 g/mol. The number of rotatable bonds is 4. The number of nitrogens with zero attached hydrogens (tertiary/aromatic N) is 2. The summed E-state index contributed by atoms with van der Waals surface area (Å²) >= 11 is 0. The van der Waals surface area contributed by atoms with Gasteiger partial charge in [-0.25, -0.2) is 4.98 Å². The molecule has 2 aromatic rings. The fourth-order valence-corrected chi connectivity index (χ4v) is 3.86. The summed E-state index contributed by atoms with van der Waals surface area (Å²) in [6.45, 7) is 3.64. The van der Waals surface area contributed by atoms with Gasteiger partial charge in [-0.15, -0.1) is 0 Å². The molecule has 1 aliphatic carbocycles. The largest absolute Gasteiger partial charge is 0.447 e. The van der Waals surface area contributed by atoms with E-state index < -0.39 is 0 Å². The molecule has 3 fully saturated rings. The van der Waals surface area contributed by atoms with E-state index in [-0.39, 0.29) is 5.91 Å². The van der Waals surface area contributed by atoms with E-state index in [4.69, 9.17) is 4.42 Å². The van der Waals surface area contributed by atoms with E-state index in [1.54, 1.807) is 4.90 Å². The first kappa shape index (κ1) is 14.5. The van der Waals surface area contributed by atoms with E-state index in [1.165, 1.54) is 18.4 Å². The molecule has 0 radical (unpaired) electrons. The smallest absolute Gasteiger partial charge is 0.276 e. The van der Waals surface area contributed by atoms with Gasteiger partial charge in [0, 0.05) is 25.6 Å². The second-order valence-electron chi connectivity index (χ2n) is 6.75. The summed E-state index contributed by atoms with van der Waals surface area (Å²) in [5.74, 6) is 1.59. The zero-order valence-corrected chi connectivity index (χ0v) is 13.5. The molecule has 1 N–H and O–H groups in total. The maximum absolute atomic E-state index is 12.8. The van der Waals surface area contributed by atoms with Crippen molar-refractivity contribution in [3.05, 3.63) is 53.2 Å². The van der Waals surface area contributed by atoms with E-state index >= 15 is 0 Å². The lowest BCUT2D eigenvalue weighted by Gasteiger charge is -2.33. The third-order valence-electron chi connectivity index (χ3n) is 5.09. The Balaban J connectivity index is 1.52. The van der Waals surface area contributed by atoms with Crippen molar-refractivity contribution in [3.63, 3.8) is 0 Å². The lowest BCUT2D eigenvalue weighted by atomic mass is 9.72.